The van der Waals surface area contributed by atoms with E-state index in [1.165, 1.54) is 43.7 Å². The highest BCUT2D eigenvalue weighted by atomic mass is 15.0. The number of pyridine rings is 2. The zero-order valence-electron chi connectivity index (χ0n) is 27.1. The average Bonchev–Trinajstić information content (AvgIpc) is 3.71. The maximum Gasteiger partial charge on any atom is 0.0893 e. The molecule has 0 bridgehead atoms. The SMILES string of the molecule is C1=C(c2ccccn2)NC(c2ccccn2)C=C1n1c2ccccc2c2ccc(-c3cccc4c3c3ccccc3n4-c3ccccc3)cc21. The van der Waals surface area contributed by atoms with Gasteiger partial charge >= 0.3 is 0 Å². The molecule has 5 heteroatoms. The van der Waals surface area contributed by atoms with Gasteiger partial charge in [-0.05, 0) is 83.9 Å². The minimum Gasteiger partial charge on any atom is -0.371 e. The number of hydrogen-bond donors (Lipinski definition) is 1. The minimum atomic E-state index is -0.134. The van der Waals surface area contributed by atoms with Crippen molar-refractivity contribution in [1.29, 1.82) is 0 Å². The first-order valence-electron chi connectivity index (χ1n) is 17.0. The largest absolute Gasteiger partial charge is 0.371 e. The third kappa shape index (κ3) is 4.48. The molecule has 1 unspecified atom stereocenters. The number of aromatic nitrogens is 4. The molecule has 0 radical (unpaired) electrons. The van der Waals surface area contributed by atoms with Crippen LogP contribution in [0.1, 0.15) is 17.4 Å². The van der Waals surface area contributed by atoms with Crippen LogP contribution in [0.25, 0.3) is 71.8 Å². The molecule has 1 aliphatic rings. The smallest absolute Gasteiger partial charge is 0.0893 e. The molecule has 0 aliphatic carbocycles. The van der Waals surface area contributed by atoms with Gasteiger partial charge in [-0.3, -0.25) is 9.97 Å². The number of dihydropyridines is 1. The van der Waals surface area contributed by atoms with Crippen molar-refractivity contribution in [3.05, 3.63) is 188 Å². The average molecular weight is 642 g/mol. The monoisotopic (exact) mass is 641 g/mol. The van der Waals surface area contributed by atoms with Crippen LogP contribution >= 0.6 is 0 Å². The van der Waals surface area contributed by atoms with Crippen molar-refractivity contribution in [2.75, 3.05) is 0 Å². The Morgan fingerprint density at radius 2 is 1.22 bits per heavy atom. The highest BCUT2D eigenvalue weighted by Gasteiger charge is 2.23. The first-order valence-corrected chi connectivity index (χ1v) is 17.0. The van der Waals surface area contributed by atoms with Crippen LogP contribution in [0.4, 0.5) is 0 Å². The lowest BCUT2D eigenvalue weighted by atomic mass is 9.98. The summed E-state index contributed by atoms with van der Waals surface area (Å²) in [6.45, 7) is 0. The van der Waals surface area contributed by atoms with Crippen molar-refractivity contribution in [3.63, 3.8) is 0 Å². The number of nitrogens with zero attached hydrogens (tertiary/aromatic N) is 4. The molecule has 0 spiro atoms. The van der Waals surface area contributed by atoms with Gasteiger partial charge < -0.3 is 14.5 Å². The summed E-state index contributed by atoms with van der Waals surface area (Å²) in [5, 5.41) is 8.63. The topological polar surface area (TPSA) is 47.7 Å². The lowest BCUT2D eigenvalue weighted by molar-refractivity contribution is 0.732. The molecule has 236 valence electrons. The minimum absolute atomic E-state index is 0.134. The third-order valence-corrected chi connectivity index (χ3v) is 9.84. The van der Waals surface area contributed by atoms with Crippen LogP contribution in [0.3, 0.4) is 0 Å². The zero-order valence-corrected chi connectivity index (χ0v) is 27.1. The Bertz CT molecular complexity index is 2770. The molecule has 0 saturated carbocycles. The highest BCUT2D eigenvalue weighted by molar-refractivity contribution is 6.17. The van der Waals surface area contributed by atoms with Gasteiger partial charge in [0.15, 0.2) is 0 Å². The fourth-order valence-electron chi connectivity index (χ4n) is 7.68. The van der Waals surface area contributed by atoms with Crippen molar-refractivity contribution < 1.29 is 0 Å². The van der Waals surface area contributed by atoms with E-state index in [2.05, 4.69) is 148 Å². The number of nitrogens with one attached hydrogen (secondary N) is 1. The summed E-state index contributed by atoms with van der Waals surface area (Å²) in [6, 6.07) is 53.7. The van der Waals surface area contributed by atoms with Crippen LogP contribution in [-0.2, 0) is 0 Å². The Kier molecular flexibility index (Phi) is 6.49. The van der Waals surface area contributed by atoms with E-state index in [0.717, 1.165) is 39.5 Å². The van der Waals surface area contributed by atoms with Gasteiger partial charge in [-0.1, -0.05) is 91.0 Å². The standard InChI is InChI=1S/C45H31N5/c1-2-13-31(14-3-1)49-42-21-7-5-16-36(42)45-33(17-12-22-43(45)49)30-23-24-35-34-15-4-6-20-41(34)50(44(35)27-30)32-28-39(37-18-8-10-25-46-37)48-40(29-32)38-19-9-11-26-47-38/h1-29,39,48H. The quantitative estimate of drug-likeness (QED) is 0.203. The first-order chi connectivity index (χ1) is 24.8. The van der Waals surface area contributed by atoms with Gasteiger partial charge in [-0.2, -0.15) is 0 Å². The summed E-state index contributed by atoms with van der Waals surface area (Å²) in [7, 11) is 0. The Morgan fingerprint density at radius 1 is 0.520 bits per heavy atom. The second kappa shape index (κ2) is 11.5. The Morgan fingerprint density at radius 3 is 2.02 bits per heavy atom. The molecule has 50 heavy (non-hydrogen) atoms. The molecule has 1 aliphatic heterocycles. The van der Waals surface area contributed by atoms with E-state index in [-0.39, 0.29) is 6.04 Å². The molecule has 5 nitrogen and oxygen atoms in total. The van der Waals surface area contributed by atoms with Crippen molar-refractivity contribution in [2.45, 2.75) is 6.04 Å². The highest BCUT2D eigenvalue weighted by Crippen LogP contribution is 2.41. The number of fused-ring (bicyclic) bond motifs is 6. The molecule has 4 aromatic heterocycles. The van der Waals surface area contributed by atoms with Gasteiger partial charge in [-0.25, -0.2) is 0 Å². The molecule has 0 fully saturated rings. The molecule has 5 heterocycles. The Balaban J connectivity index is 1.23. The molecule has 10 rings (SSSR count). The normalized spacial score (nSPS) is 14.6. The van der Waals surface area contributed by atoms with Crippen molar-refractivity contribution in [3.8, 4) is 16.8 Å². The maximum atomic E-state index is 4.74. The van der Waals surface area contributed by atoms with E-state index < -0.39 is 0 Å². The fourth-order valence-corrected chi connectivity index (χ4v) is 7.68. The van der Waals surface area contributed by atoms with Crippen LogP contribution in [0, 0.1) is 0 Å². The summed E-state index contributed by atoms with van der Waals surface area (Å²) >= 11 is 0. The molecule has 0 saturated heterocycles. The van der Waals surface area contributed by atoms with Crippen LogP contribution in [0.2, 0.25) is 0 Å². The van der Waals surface area contributed by atoms with E-state index in [0.29, 0.717) is 0 Å². The predicted molar refractivity (Wildman–Crippen MR) is 206 cm³/mol. The molecular weight excluding hydrogens is 611 g/mol. The van der Waals surface area contributed by atoms with Crippen molar-refractivity contribution in [2.24, 2.45) is 0 Å². The fraction of sp³-hybridized carbons (Fsp3) is 0.0222. The van der Waals surface area contributed by atoms with Gasteiger partial charge in [-0.15, -0.1) is 0 Å². The number of allylic oxidation sites excluding steroid dienone is 2. The van der Waals surface area contributed by atoms with E-state index in [4.69, 9.17) is 9.97 Å². The van der Waals surface area contributed by atoms with E-state index in [9.17, 15) is 0 Å². The van der Waals surface area contributed by atoms with Crippen LogP contribution < -0.4 is 5.32 Å². The predicted octanol–water partition coefficient (Wildman–Crippen LogP) is 10.6. The number of para-hydroxylation sites is 3. The van der Waals surface area contributed by atoms with Gasteiger partial charge in [0.05, 0.1) is 45.2 Å². The number of hydrogen-bond acceptors (Lipinski definition) is 3. The molecule has 0 amide bonds. The lowest BCUT2D eigenvalue weighted by Crippen LogP contribution is -2.24. The lowest BCUT2D eigenvalue weighted by Gasteiger charge is -2.25. The number of rotatable bonds is 5. The van der Waals surface area contributed by atoms with Crippen molar-refractivity contribution in [1.82, 2.24) is 24.4 Å². The van der Waals surface area contributed by atoms with Crippen LogP contribution in [-0.4, -0.2) is 19.1 Å². The molecule has 1 atom stereocenters. The Hall–Kier alpha value is -6.72. The first kappa shape index (κ1) is 28.3. The second-order valence-corrected chi connectivity index (χ2v) is 12.7. The molecule has 5 aromatic carbocycles. The maximum absolute atomic E-state index is 4.74. The van der Waals surface area contributed by atoms with Crippen LogP contribution in [0.5, 0.6) is 0 Å². The Labute approximate surface area is 289 Å². The summed E-state index contributed by atoms with van der Waals surface area (Å²) in [5.41, 5.74) is 12.1. The summed E-state index contributed by atoms with van der Waals surface area (Å²) in [4.78, 5) is 9.45. The van der Waals surface area contributed by atoms with Crippen molar-refractivity contribution >= 4 is 55.0 Å². The number of benzene rings is 5. The molecule has 9 aromatic rings. The summed E-state index contributed by atoms with van der Waals surface area (Å²) < 4.78 is 4.78. The zero-order chi connectivity index (χ0) is 33.0. The summed E-state index contributed by atoms with van der Waals surface area (Å²) in [6.07, 6.45) is 8.19. The van der Waals surface area contributed by atoms with Gasteiger partial charge in [0, 0.05) is 45.3 Å². The summed E-state index contributed by atoms with van der Waals surface area (Å²) in [5.74, 6) is 0. The van der Waals surface area contributed by atoms with E-state index >= 15 is 0 Å². The molecule has 1 N–H and O–H groups in total. The van der Waals surface area contributed by atoms with E-state index in [1.807, 2.05) is 42.7 Å². The third-order valence-electron chi connectivity index (χ3n) is 9.84. The second-order valence-electron chi connectivity index (χ2n) is 12.7. The van der Waals surface area contributed by atoms with Gasteiger partial charge in [0.1, 0.15) is 0 Å². The molecular formula is C45H31N5. The van der Waals surface area contributed by atoms with E-state index in [1.54, 1.807) is 0 Å². The van der Waals surface area contributed by atoms with Crippen LogP contribution in [0.15, 0.2) is 176 Å². The van der Waals surface area contributed by atoms with Gasteiger partial charge in [0.25, 0.3) is 0 Å². The van der Waals surface area contributed by atoms with Gasteiger partial charge in [0.2, 0.25) is 0 Å².